The first-order valence-electron chi connectivity index (χ1n) is 9.13. The van der Waals surface area contributed by atoms with E-state index in [-0.39, 0.29) is 11.7 Å². The minimum atomic E-state index is -0.483. The molecule has 29 heavy (non-hydrogen) atoms. The van der Waals surface area contributed by atoms with Crippen molar-refractivity contribution in [1.29, 1.82) is 0 Å². The number of nitro benzene ring substituents is 1. The number of halogens is 1. The Morgan fingerprint density at radius 3 is 2.66 bits per heavy atom. The largest absolute Gasteiger partial charge is 0.464 e. The van der Waals surface area contributed by atoms with Crippen molar-refractivity contribution in [1.82, 2.24) is 5.01 Å². The van der Waals surface area contributed by atoms with E-state index in [1.54, 1.807) is 12.1 Å². The maximum absolute atomic E-state index is 11.0. The zero-order valence-corrected chi connectivity index (χ0v) is 17.0. The van der Waals surface area contributed by atoms with E-state index in [1.165, 1.54) is 12.1 Å². The molecule has 0 aliphatic carbocycles. The van der Waals surface area contributed by atoms with Crippen LogP contribution in [0.25, 0.3) is 0 Å². The van der Waals surface area contributed by atoms with E-state index in [1.807, 2.05) is 42.3 Å². The third-order valence-corrected chi connectivity index (χ3v) is 5.66. The van der Waals surface area contributed by atoms with Gasteiger partial charge in [0.15, 0.2) is 0 Å². The van der Waals surface area contributed by atoms with E-state index < -0.39 is 11.2 Å². The monoisotopic (exact) mass is 453 g/mol. The summed E-state index contributed by atoms with van der Waals surface area (Å²) < 4.78 is 13.0. The van der Waals surface area contributed by atoms with Gasteiger partial charge in [0, 0.05) is 34.2 Å². The molecule has 2 aromatic carbocycles. The van der Waals surface area contributed by atoms with Crippen LogP contribution < -0.4 is 4.74 Å². The second kappa shape index (κ2) is 6.73. The molecule has 0 N–H and O–H groups in total. The van der Waals surface area contributed by atoms with Crippen molar-refractivity contribution in [2.45, 2.75) is 25.6 Å². The SMILES string of the molecule is Cc1ccc(C2=NN3[C@@H](c4ccc([N+](=O)[O-])cc4)Oc4ccc(Br)cc4[C@@H]3C2)o1. The first kappa shape index (κ1) is 17.9. The molecule has 0 fully saturated rings. The van der Waals surface area contributed by atoms with Crippen LogP contribution in [0.3, 0.4) is 0 Å². The van der Waals surface area contributed by atoms with Crippen LogP contribution in [0.15, 0.2) is 68.6 Å². The molecule has 2 atom stereocenters. The van der Waals surface area contributed by atoms with Gasteiger partial charge in [-0.1, -0.05) is 15.9 Å². The smallest absolute Gasteiger partial charge is 0.269 e. The van der Waals surface area contributed by atoms with Crippen molar-refractivity contribution in [3.8, 4) is 5.75 Å². The highest BCUT2D eigenvalue weighted by atomic mass is 79.9. The Balaban J connectivity index is 1.58. The predicted octanol–water partition coefficient (Wildman–Crippen LogP) is 5.50. The van der Waals surface area contributed by atoms with Gasteiger partial charge in [-0.05, 0) is 49.4 Å². The second-order valence-electron chi connectivity index (χ2n) is 7.06. The fourth-order valence-corrected chi connectivity index (χ4v) is 4.16. The van der Waals surface area contributed by atoms with Gasteiger partial charge in [0.1, 0.15) is 23.0 Å². The highest BCUT2D eigenvalue weighted by molar-refractivity contribution is 9.10. The number of nitro groups is 1. The molecule has 2 aliphatic rings. The van der Waals surface area contributed by atoms with Crippen LogP contribution in [0.4, 0.5) is 5.69 Å². The summed E-state index contributed by atoms with van der Waals surface area (Å²) in [5.74, 6) is 2.36. The molecule has 5 rings (SSSR count). The Morgan fingerprint density at radius 2 is 1.97 bits per heavy atom. The number of rotatable bonds is 3. The quantitative estimate of drug-likeness (QED) is 0.386. The predicted molar refractivity (Wildman–Crippen MR) is 110 cm³/mol. The molecule has 0 spiro atoms. The van der Waals surface area contributed by atoms with E-state index >= 15 is 0 Å². The summed E-state index contributed by atoms with van der Waals surface area (Å²) >= 11 is 3.54. The first-order chi connectivity index (χ1) is 14.0. The van der Waals surface area contributed by atoms with Crippen molar-refractivity contribution >= 4 is 27.3 Å². The molecule has 0 radical (unpaired) electrons. The molecule has 2 aliphatic heterocycles. The molecule has 0 saturated carbocycles. The maximum Gasteiger partial charge on any atom is 0.269 e. The van der Waals surface area contributed by atoms with Crippen molar-refractivity contribution in [3.63, 3.8) is 0 Å². The van der Waals surface area contributed by atoms with E-state index in [0.717, 1.165) is 38.6 Å². The highest BCUT2D eigenvalue weighted by Gasteiger charge is 2.41. The Hall–Kier alpha value is -3.13. The first-order valence-corrected chi connectivity index (χ1v) is 9.92. The zero-order valence-electron chi connectivity index (χ0n) is 15.4. The fourth-order valence-electron chi connectivity index (χ4n) is 3.78. The number of benzene rings is 2. The van der Waals surface area contributed by atoms with Crippen LogP contribution in [-0.2, 0) is 0 Å². The van der Waals surface area contributed by atoms with Gasteiger partial charge in [-0.2, -0.15) is 5.10 Å². The van der Waals surface area contributed by atoms with E-state index in [2.05, 4.69) is 15.9 Å². The van der Waals surface area contributed by atoms with E-state index in [9.17, 15) is 10.1 Å². The van der Waals surface area contributed by atoms with Crippen LogP contribution in [-0.4, -0.2) is 15.6 Å². The van der Waals surface area contributed by atoms with Gasteiger partial charge in [-0.25, -0.2) is 5.01 Å². The molecule has 3 heterocycles. The maximum atomic E-state index is 11.0. The lowest BCUT2D eigenvalue weighted by molar-refractivity contribution is -0.384. The molecule has 8 heteroatoms. The number of non-ortho nitro benzene ring substituents is 1. The van der Waals surface area contributed by atoms with Crippen LogP contribution in [0.5, 0.6) is 5.75 Å². The van der Waals surface area contributed by atoms with Crippen molar-refractivity contribution in [3.05, 3.63) is 91.8 Å². The van der Waals surface area contributed by atoms with E-state index in [4.69, 9.17) is 14.3 Å². The van der Waals surface area contributed by atoms with Gasteiger partial charge in [0.05, 0.1) is 11.0 Å². The van der Waals surface area contributed by atoms with Crippen molar-refractivity contribution in [2.24, 2.45) is 5.10 Å². The number of aryl methyl sites for hydroxylation is 1. The minimum Gasteiger partial charge on any atom is -0.464 e. The minimum absolute atomic E-state index is 0.0168. The normalized spacial score (nSPS) is 19.9. The Morgan fingerprint density at radius 1 is 1.17 bits per heavy atom. The lowest BCUT2D eigenvalue weighted by Crippen LogP contribution is -2.33. The average molecular weight is 454 g/mol. The summed E-state index contributed by atoms with van der Waals surface area (Å²) in [7, 11) is 0. The molecule has 0 amide bonds. The number of hydrogen-bond donors (Lipinski definition) is 0. The van der Waals surface area contributed by atoms with Crippen molar-refractivity contribution < 1.29 is 14.1 Å². The number of furan rings is 1. The Kier molecular flexibility index (Phi) is 4.16. The van der Waals surface area contributed by atoms with Crippen LogP contribution in [0, 0.1) is 17.0 Å². The zero-order chi connectivity index (χ0) is 20.1. The average Bonchev–Trinajstić information content (AvgIpc) is 3.34. The van der Waals surface area contributed by atoms with Gasteiger partial charge in [0.2, 0.25) is 6.23 Å². The standard InChI is InChI=1S/C21H16BrN3O4/c1-12-2-8-20(28-12)17-11-18-16-10-14(22)5-9-19(16)29-21(24(18)23-17)13-3-6-15(7-4-13)25(26)27/h2-10,18,21H,11H2,1H3/t18-,21+/m0/s1. The molecule has 0 unspecified atom stereocenters. The summed E-state index contributed by atoms with van der Waals surface area (Å²) in [6.45, 7) is 1.90. The summed E-state index contributed by atoms with van der Waals surface area (Å²) in [4.78, 5) is 10.6. The third-order valence-electron chi connectivity index (χ3n) is 5.17. The molecular weight excluding hydrogens is 438 g/mol. The number of ether oxygens (including phenoxy) is 1. The molecule has 0 saturated heterocycles. The second-order valence-corrected chi connectivity index (χ2v) is 7.97. The summed E-state index contributed by atoms with van der Waals surface area (Å²) in [6, 6.07) is 16.2. The molecular formula is C21H16BrN3O4. The molecule has 3 aromatic rings. The molecule has 7 nitrogen and oxygen atoms in total. The van der Waals surface area contributed by atoms with Crippen LogP contribution in [0.1, 0.15) is 41.3 Å². The van der Waals surface area contributed by atoms with Gasteiger partial charge in [-0.3, -0.25) is 10.1 Å². The van der Waals surface area contributed by atoms with Crippen molar-refractivity contribution in [2.75, 3.05) is 0 Å². The number of hydrazone groups is 1. The number of hydrogen-bond acceptors (Lipinski definition) is 6. The molecule has 146 valence electrons. The van der Waals surface area contributed by atoms with Crippen LogP contribution >= 0.6 is 15.9 Å². The summed E-state index contributed by atoms with van der Waals surface area (Å²) in [5.41, 5.74) is 2.74. The lowest BCUT2D eigenvalue weighted by Gasteiger charge is -2.38. The van der Waals surface area contributed by atoms with Gasteiger partial charge in [0.25, 0.3) is 5.69 Å². The van der Waals surface area contributed by atoms with Crippen LogP contribution in [0.2, 0.25) is 0 Å². The van der Waals surface area contributed by atoms with E-state index in [0.29, 0.717) is 6.42 Å². The van der Waals surface area contributed by atoms with Gasteiger partial charge in [-0.15, -0.1) is 0 Å². The Bertz CT molecular complexity index is 1140. The van der Waals surface area contributed by atoms with Gasteiger partial charge < -0.3 is 9.15 Å². The van der Waals surface area contributed by atoms with Gasteiger partial charge >= 0.3 is 0 Å². The molecule has 0 bridgehead atoms. The third kappa shape index (κ3) is 3.09. The summed E-state index contributed by atoms with van der Waals surface area (Å²) in [5, 5.41) is 17.7. The number of nitrogens with zero attached hydrogens (tertiary/aromatic N) is 3. The molecule has 1 aromatic heterocycles. The fraction of sp³-hybridized carbons (Fsp3) is 0.190. The Labute approximate surface area is 174 Å². The topological polar surface area (TPSA) is 81.1 Å². The number of fused-ring (bicyclic) bond motifs is 3. The summed E-state index contributed by atoms with van der Waals surface area (Å²) in [6.07, 6.45) is 0.200. The lowest BCUT2D eigenvalue weighted by atomic mass is 9.97. The highest BCUT2D eigenvalue weighted by Crippen LogP contribution is 2.48.